The predicted molar refractivity (Wildman–Crippen MR) is 76.2 cm³/mol. The smallest absolute Gasteiger partial charge is 0.119 e. The maximum absolute atomic E-state index is 5.97. The third kappa shape index (κ3) is 3.49. The Morgan fingerprint density at radius 3 is 2.33 bits per heavy atom. The molecule has 0 aromatic heterocycles. The number of nitrogens with one attached hydrogen (secondary N) is 1. The molecule has 0 amide bonds. The van der Waals surface area contributed by atoms with Gasteiger partial charge in [-0.15, -0.1) is 0 Å². The molecule has 1 N–H and O–H groups in total. The van der Waals surface area contributed by atoms with Gasteiger partial charge in [-0.3, -0.25) is 0 Å². The van der Waals surface area contributed by atoms with Gasteiger partial charge in [0.05, 0.1) is 0 Å². The Kier molecular flexibility index (Phi) is 4.65. The summed E-state index contributed by atoms with van der Waals surface area (Å²) in [5.41, 5.74) is 2.54. The van der Waals surface area contributed by atoms with Crippen molar-refractivity contribution in [3.8, 4) is 5.75 Å². The summed E-state index contributed by atoms with van der Waals surface area (Å²) in [7, 11) is 2.05. The number of hydrogen-bond donors (Lipinski definition) is 1. The summed E-state index contributed by atoms with van der Waals surface area (Å²) in [6.07, 6.45) is 5.46. The van der Waals surface area contributed by atoms with Crippen molar-refractivity contribution in [3.63, 3.8) is 0 Å². The minimum absolute atomic E-state index is 0.494. The van der Waals surface area contributed by atoms with E-state index in [0.717, 1.165) is 18.3 Å². The molecule has 1 unspecified atom stereocenters. The number of likely N-dealkylation sites (N-methyl/N-ethyl adjacent to an activating group) is 1. The molecular formula is C16H25NO. The van der Waals surface area contributed by atoms with Crippen LogP contribution in [0.5, 0.6) is 5.75 Å². The highest BCUT2D eigenvalue weighted by molar-refractivity contribution is 5.33. The van der Waals surface area contributed by atoms with Crippen LogP contribution < -0.4 is 10.1 Å². The second-order valence-corrected chi connectivity index (χ2v) is 5.57. The molecule has 1 fully saturated rings. The average Bonchev–Trinajstić information content (AvgIpc) is 2.82. The quantitative estimate of drug-likeness (QED) is 0.860. The van der Waals surface area contributed by atoms with Gasteiger partial charge in [-0.1, -0.05) is 18.9 Å². The second kappa shape index (κ2) is 6.24. The fraction of sp³-hybridized carbons (Fsp3) is 0.625. The number of aryl methyl sites for hydroxylation is 2. The Morgan fingerprint density at radius 1 is 1.17 bits per heavy atom. The SMILES string of the molecule is CNC(COc1cc(C)cc(C)c1)C1CCCC1. The Labute approximate surface area is 111 Å². The van der Waals surface area contributed by atoms with Gasteiger partial charge < -0.3 is 10.1 Å². The number of ether oxygens (including phenoxy) is 1. The maximum atomic E-state index is 5.97. The summed E-state index contributed by atoms with van der Waals surface area (Å²) in [6.45, 7) is 5.02. The lowest BCUT2D eigenvalue weighted by molar-refractivity contribution is 0.224. The highest BCUT2D eigenvalue weighted by atomic mass is 16.5. The molecule has 1 saturated carbocycles. The van der Waals surface area contributed by atoms with Crippen molar-refractivity contribution in [3.05, 3.63) is 29.3 Å². The molecule has 1 aromatic carbocycles. The van der Waals surface area contributed by atoms with Crippen molar-refractivity contribution in [2.75, 3.05) is 13.7 Å². The summed E-state index contributed by atoms with van der Waals surface area (Å²) >= 11 is 0. The van der Waals surface area contributed by atoms with Gasteiger partial charge in [-0.05, 0) is 62.9 Å². The van der Waals surface area contributed by atoms with E-state index in [1.807, 2.05) is 7.05 Å². The third-order valence-electron chi connectivity index (χ3n) is 3.96. The minimum atomic E-state index is 0.494. The van der Waals surface area contributed by atoms with Gasteiger partial charge in [-0.2, -0.15) is 0 Å². The first-order valence-corrected chi connectivity index (χ1v) is 7.07. The summed E-state index contributed by atoms with van der Waals surface area (Å²) in [4.78, 5) is 0. The van der Waals surface area contributed by atoms with Gasteiger partial charge in [0.15, 0.2) is 0 Å². The highest BCUT2D eigenvalue weighted by Crippen LogP contribution is 2.28. The molecule has 2 rings (SSSR count). The molecule has 1 atom stereocenters. The van der Waals surface area contributed by atoms with Crippen molar-refractivity contribution in [2.24, 2.45) is 5.92 Å². The van der Waals surface area contributed by atoms with Gasteiger partial charge in [0, 0.05) is 6.04 Å². The van der Waals surface area contributed by atoms with Gasteiger partial charge in [0.25, 0.3) is 0 Å². The Hall–Kier alpha value is -1.02. The molecule has 1 aliphatic rings. The first-order valence-electron chi connectivity index (χ1n) is 7.07. The summed E-state index contributed by atoms with van der Waals surface area (Å²) in [6, 6.07) is 6.91. The van der Waals surface area contributed by atoms with Crippen molar-refractivity contribution in [1.29, 1.82) is 0 Å². The molecule has 0 saturated heterocycles. The van der Waals surface area contributed by atoms with Crippen molar-refractivity contribution in [2.45, 2.75) is 45.6 Å². The van der Waals surface area contributed by atoms with E-state index in [-0.39, 0.29) is 0 Å². The molecule has 2 nitrogen and oxygen atoms in total. The number of rotatable bonds is 5. The third-order valence-corrected chi connectivity index (χ3v) is 3.96. The molecule has 0 spiro atoms. The molecule has 0 heterocycles. The van der Waals surface area contributed by atoms with Crippen LogP contribution >= 0.6 is 0 Å². The van der Waals surface area contributed by atoms with Crippen molar-refractivity contribution >= 4 is 0 Å². The Balaban J connectivity index is 1.92. The summed E-state index contributed by atoms with van der Waals surface area (Å²) in [5.74, 6) is 1.80. The molecule has 100 valence electrons. The zero-order chi connectivity index (χ0) is 13.0. The van der Waals surface area contributed by atoms with Crippen LogP contribution in [0.1, 0.15) is 36.8 Å². The average molecular weight is 247 g/mol. The standard InChI is InChI=1S/C16H25NO/c1-12-8-13(2)10-15(9-12)18-11-16(17-3)14-6-4-5-7-14/h8-10,14,16-17H,4-7,11H2,1-3H3. The van der Waals surface area contributed by atoms with Crippen molar-refractivity contribution < 1.29 is 4.74 Å². The van der Waals surface area contributed by atoms with E-state index in [0.29, 0.717) is 6.04 Å². The van der Waals surface area contributed by atoms with Crippen LogP contribution in [0.2, 0.25) is 0 Å². The van der Waals surface area contributed by atoms with Gasteiger partial charge in [-0.25, -0.2) is 0 Å². The first kappa shape index (κ1) is 13.4. The maximum Gasteiger partial charge on any atom is 0.119 e. The molecule has 2 heteroatoms. The fourth-order valence-corrected chi connectivity index (χ4v) is 3.02. The molecule has 1 aromatic rings. The molecule has 0 aliphatic heterocycles. The van der Waals surface area contributed by atoms with Gasteiger partial charge in [0.2, 0.25) is 0 Å². The monoisotopic (exact) mass is 247 g/mol. The van der Waals surface area contributed by atoms with Crippen LogP contribution in [-0.2, 0) is 0 Å². The van der Waals surface area contributed by atoms with E-state index in [1.165, 1.54) is 36.8 Å². The predicted octanol–water partition coefficient (Wildman–Crippen LogP) is 3.46. The van der Waals surface area contributed by atoms with E-state index >= 15 is 0 Å². The van der Waals surface area contributed by atoms with Crippen LogP contribution in [0, 0.1) is 19.8 Å². The highest BCUT2D eigenvalue weighted by Gasteiger charge is 2.24. The summed E-state index contributed by atoms with van der Waals surface area (Å²) < 4.78 is 5.97. The van der Waals surface area contributed by atoms with E-state index in [1.54, 1.807) is 0 Å². The van der Waals surface area contributed by atoms with E-state index in [2.05, 4.69) is 37.4 Å². The Morgan fingerprint density at radius 2 is 1.78 bits per heavy atom. The minimum Gasteiger partial charge on any atom is -0.492 e. The van der Waals surface area contributed by atoms with Crippen LogP contribution in [0.4, 0.5) is 0 Å². The van der Waals surface area contributed by atoms with Crippen LogP contribution in [-0.4, -0.2) is 19.7 Å². The van der Waals surface area contributed by atoms with Gasteiger partial charge >= 0.3 is 0 Å². The molecule has 1 aliphatic carbocycles. The lowest BCUT2D eigenvalue weighted by atomic mass is 9.99. The lowest BCUT2D eigenvalue weighted by Gasteiger charge is -2.23. The zero-order valence-electron chi connectivity index (χ0n) is 11.8. The molecule has 18 heavy (non-hydrogen) atoms. The van der Waals surface area contributed by atoms with E-state index < -0.39 is 0 Å². The zero-order valence-corrected chi connectivity index (χ0v) is 11.8. The Bertz CT molecular complexity index is 362. The van der Waals surface area contributed by atoms with E-state index in [4.69, 9.17) is 4.74 Å². The van der Waals surface area contributed by atoms with Crippen LogP contribution in [0.15, 0.2) is 18.2 Å². The largest absolute Gasteiger partial charge is 0.492 e. The number of benzene rings is 1. The first-order chi connectivity index (χ1) is 8.69. The van der Waals surface area contributed by atoms with Crippen LogP contribution in [0.25, 0.3) is 0 Å². The molecule has 0 bridgehead atoms. The van der Waals surface area contributed by atoms with Gasteiger partial charge in [0.1, 0.15) is 12.4 Å². The molecular weight excluding hydrogens is 222 g/mol. The van der Waals surface area contributed by atoms with Crippen LogP contribution in [0.3, 0.4) is 0 Å². The topological polar surface area (TPSA) is 21.3 Å². The lowest BCUT2D eigenvalue weighted by Crippen LogP contribution is -2.37. The summed E-state index contributed by atoms with van der Waals surface area (Å²) in [5, 5.41) is 3.42. The fourth-order valence-electron chi connectivity index (χ4n) is 3.02. The normalized spacial score (nSPS) is 17.9. The van der Waals surface area contributed by atoms with E-state index in [9.17, 15) is 0 Å². The van der Waals surface area contributed by atoms with Crippen molar-refractivity contribution in [1.82, 2.24) is 5.32 Å². The molecule has 0 radical (unpaired) electrons. The second-order valence-electron chi connectivity index (χ2n) is 5.57. The number of hydrogen-bond acceptors (Lipinski definition) is 2.